The van der Waals surface area contributed by atoms with Gasteiger partial charge in [-0.1, -0.05) is 17.7 Å². The van der Waals surface area contributed by atoms with E-state index in [1.54, 1.807) is 30.3 Å². The van der Waals surface area contributed by atoms with Crippen LogP contribution >= 0.6 is 11.6 Å². The van der Waals surface area contributed by atoms with Gasteiger partial charge < -0.3 is 18.9 Å². The minimum atomic E-state index is -0.480. The maximum atomic E-state index is 12.1. The van der Waals surface area contributed by atoms with Crippen LogP contribution in [0.5, 0.6) is 17.2 Å². The molecule has 0 radical (unpaired) electrons. The number of carbonyl (C=O) groups is 1. The van der Waals surface area contributed by atoms with Gasteiger partial charge in [0.2, 0.25) is 6.79 Å². The summed E-state index contributed by atoms with van der Waals surface area (Å²) in [6.45, 7) is 0.335. The van der Waals surface area contributed by atoms with Crippen molar-refractivity contribution >= 4 is 17.6 Å². The smallest absolute Gasteiger partial charge is 0.342 e. The summed E-state index contributed by atoms with van der Waals surface area (Å²) in [5.41, 5.74) is 1.14. The van der Waals surface area contributed by atoms with Crippen LogP contribution in [0.4, 0.5) is 0 Å². The number of methoxy groups -OCH3 is 1. The SMILES string of the molecule is COc1cc(Cl)ccc1C(=O)OCc1ccc2c(c1)OCO2. The van der Waals surface area contributed by atoms with Crippen LogP contribution in [0.15, 0.2) is 36.4 Å². The van der Waals surface area contributed by atoms with Crippen molar-refractivity contribution in [2.45, 2.75) is 6.61 Å². The molecule has 1 heterocycles. The molecule has 22 heavy (non-hydrogen) atoms. The molecule has 0 N–H and O–H groups in total. The molecule has 2 aromatic carbocycles. The molecule has 0 amide bonds. The van der Waals surface area contributed by atoms with Crippen molar-refractivity contribution < 1.29 is 23.7 Å². The lowest BCUT2D eigenvalue weighted by atomic mass is 10.2. The first kappa shape index (κ1) is 14.5. The molecule has 5 nitrogen and oxygen atoms in total. The summed E-state index contributed by atoms with van der Waals surface area (Å²) in [7, 11) is 1.47. The minimum absolute atomic E-state index is 0.126. The number of hydrogen-bond acceptors (Lipinski definition) is 5. The van der Waals surface area contributed by atoms with Gasteiger partial charge in [0.25, 0.3) is 0 Å². The van der Waals surface area contributed by atoms with Crippen LogP contribution in [0.25, 0.3) is 0 Å². The van der Waals surface area contributed by atoms with Crippen LogP contribution in [0.1, 0.15) is 15.9 Å². The van der Waals surface area contributed by atoms with Crippen molar-refractivity contribution in [1.29, 1.82) is 0 Å². The second-order valence-electron chi connectivity index (χ2n) is 4.61. The first-order valence-electron chi connectivity index (χ1n) is 6.56. The van der Waals surface area contributed by atoms with Crippen LogP contribution in [0.2, 0.25) is 5.02 Å². The summed E-state index contributed by atoms with van der Waals surface area (Å²) < 4.78 is 20.9. The Balaban J connectivity index is 1.70. The van der Waals surface area contributed by atoms with Crippen molar-refractivity contribution in [3.8, 4) is 17.2 Å². The lowest BCUT2D eigenvalue weighted by Gasteiger charge is -2.09. The molecule has 0 saturated carbocycles. The summed E-state index contributed by atoms with van der Waals surface area (Å²) in [6.07, 6.45) is 0. The minimum Gasteiger partial charge on any atom is -0.496 e. The third-order valence-corrected chi connectivity index (χ3v) is 3.43. The Bertz CT molecular complexity index is 714. The summed E-state index contributed by atoms with van der Waals surface area (Å²) >= 11 is 5.87. The predicted octanol–water partition coefficient (Wildman–Crippen LogP) is 3.43. The van der Waals surface area contributed by atoms with E-state index in [0.29, 0.717) is 27.8 Å². The van der Waals surface area contributed by atoms with E-state index in [9.17, 15) is 4.79 Å². The van der Waals surface area contributed by atoms with E-state index in [2.05, 4.69) is 0 Å². The molecule has 114 valence electrons. The number of rotatable bonds is 4. The van der Waals surface area contributed by atoms with Crippen molar-refractivity contribution in [3.63, 3.8) is 0 Å². The Labute approximate surface area is 132 Å². The molecule has 6 heteroatoms. The van der Waals surface area contributed by atoms with Crippen molar-refractivity contribution in [3.05, 3.63) is 52.5 Å². The molecule has 1 aliphatic rings. The van der Waals surface area contributed by atoms with E-state index in [4.69, 9.17) is 30.5 Å². The van der Waals surface area contributed by atoms with Gasteiger partial charge in [0.05, 0.1) is 7.11 Å². The fraction of sp³-hybridized carbons (Fsp3) is 0.188. The molecular weight excluding hydrogens is 308 g/mol. The highest BCUT2D eigenvalue weighted by Crippen LogP contribution is 2.32. The van der Waals surface area contributed by atoms with Crippen molar-refractivity contribution in [1.82, 2.24) is 0 Å². The van der Waals surface area contributed by atoms with Gasteiger partial charge in [0.1, 0.15) is 17.9 Å². The monoisotopic (exact) mass is 320 g/mol. The number of ether oxygens (including phenoxy) is 4. The lowest BCUT2D eigenvalue weighted by Crippen LogP contribution is -2.07. The van der Waals surface area contributed by atoms with Gasteiger partial charge in [0, 0.05) is 5.02 Å². The van der Waals surface area contributed by atoms with E-state index in [1.165, 1.54) is 7.11 Å². The van der Waals surface area contributed by atoms with Crippen LogP contribution in [0.3, 0.4) is 0 Å². The summed E-state index contributed by atoms with van der Waals surface area (Å²) in [5, 5.41) is 0.490. The highest BCUT2D eigenvalue weighted by molar-refractivity contribution is 6.30. The molecule has 0 unspecified atom stereocenters. The summed E-state index contributed by atoms with van der Waals surface area (Å²) in [4.78, 5) is 12.1. The number of halogens is 1. The van der Waals surface area contributed by atoms with Gasteiger partial charge in [-0.25, -0.2) is 4.79 Å². The van der Waals surface area contributed by atoms with Gasteiger partial charge in [-0.2, -0.15) is 0 Å². The maximum Gasteiger partial charge on any atom is 0.342 e. The molecule has 0 saturated heterocycles. The van der Waals surface area contributed by atoms with Crippen LogP contribution in [-0.2, 0) is 11.3 Å². The molecule has 0 fully saturated rings. The van der Waals surface area contributed by atoms with Gasteiger partial charge >= 0.3 is 5.97 Å². The van der Waals surface area contributed by atoms with Crippen molar-refractivity contribution in [2.24, 2.45) is 0 Å². The summed E-state index contributed by atoms with van der Waals surface area (Å²) in [6, 6.07) is 10.1. The number of fused-ring (bicyclic) bond motifs is 1. The Morgan fingerprint density at radius 3 is 2.82 bits per heavy atom. The maximum absolute atomic E-state index is 12.1. The Hall–Kier alpha value is -2.40. The molecule has 0 spiro atoms. The largest absolute Gasteiger partial charge is 0.496 e. The molecule has 0 bridgehead atoms. The lowest BCUT2D eigenvalue weighted by molar-refractivity contribution is 0.0469. The average molecular weight is 321 g/mol. The first-order valence-corrected chi connectivity index (χ1v) is 6.94. The van der Waals surface area contributed by atoms with E-state index < -0.39 is 5.97 Å². The van der Waals surface area contributed by atoms with Gasteiger partial charge in [0.15, 0.2) is 11.5 Å². The molecule has 1 aliphatic heterocycles. The fourth-order valence-corrected chi connectivity index (χ4v) is 2.25. The molecule has 2 aromatic rings. The van der Waals surface area contributed by atoms with Crippen LogP contribution in [0, 0.1) is 0 Å². The fourth-order valence-electron chi connectivity index (χ4n) is 2.09. The molecule has 3 rings (SSSR count). The highest BCUT2D eigenvalue weighted by Gasteiger charge is 2.16. The molecule has 0 aliphatic carbocycles. The van der Waals surface area contributed by atoms with Gasteiger partial charge in [-0.05, 0) is 35.9 Å². The molecule has 0 aromatic heterocycles. The average Bonchev–Trinajstić information content (AvgIpc) is 3.00. The Morgan fingerprint density at radius 1 is 1.18 bits per heavy atom. The van der Waals surface area contributed by atoms with E-state index in [1.807, 2.05) is 6.07 Å². The quantitative estimate of drug-likeness (QED) is 0.808. The second kappa shape index (κ2) is 6.15. The standard InChI is InChI=1S/C16H13ClO5/c1-19-14-7-11(17)3-4-12(14)16(18)20-8-10-2-5-13-15(6-10)22-9-21-13/h2-7H,8-9H2,1H3. The Kier molecular flexibility index (Phi) is 4.06. The number of esters is 1. The van der Waals surface area contributed by atoms with E-state index in [0.717, 1.165) is 5.56 Å². The number of carbonyl (C=O) groups excluding carboxylic acids is 1. The van der Waals surface area contributed by atoms with Gasteiger partial charge in [-0.15, -0.1) is 0 Å². The Morgan fingerprint density at radius 2 is 2.00 bits per heavy atom. The molecular formula is C16H13ClO5. The topological polar surface area (TPSA) is 54.0 Å². The normalized spacial score (nSPS) is 12.1. The third kappa shape index (κ3) is 2.94. The third-order valence-electron chi connectivity index (χ3n) is 3.19. The zero-order valence-corrected chi connectivity index (χ0v) is 12.6. The predicted molar refractivity (Wildman–Crippen MR) is 79.7 cm³/mol. The second-order valence-corrected chi connectivity index (χ2v) is 5.04. The zero-order chi connectivity index (χ0) is 15.5. The summed E-state index contributed by atoms with van der Waals surface area (Å²) in [5.74, 6) is 1.24. The van der Waals surface area contributed by atoms with E-state index >= 15 is 0 Å². The zero-order valence-electron chi connectivity index (χ0n) is 11.8. The first-order chi connectivity index (χ1) is 10.7. The van der Waals surface area contributed by atoms with E-state index in [-0.39, 0.29) is 13.4 Å². The molecule has 0 atom stereocenters. The van der Waals surface area contributed by atoms with Crippen LogP contribution in [-0.4, -0.2) is 19.9 Å². The highest BCUT2D eigenvalue weighted by atomic mass is 35.5. The number of hydrogen-bond donors (Lipinski definition) is 0. The van der Waals surface area contributed by atoms with Crippen molar-refractivity contribution in [2.75, 3.05) is 13.9 Å². The van der Waals surface area contributed by atoms with Gasteiger partial charge in [-0.3, -0.25) is 0 Å². The van der Waals surface area contributed by atoms with Crippen LogP contribution < -0.4 is 14.2 Å². The number of benzene rings is 2.